The van der Waals surface area contributed by atoms with Crippen LogP contribution in [-0.2, 0) is 26.2 Å². The van der Waals surface area contributed by atoms with Crippen LogP contribution in [0.15, 0.2) is 77.7 Å². The highest BCUT2D eigenvalue weighted by Gasteiger charge is 2.33. The summed E-state index contributed by atoms with van der Waals surface area (Å²) >= 11 is 12.2. The number of benzene rings is 3. The lowest BCUT2D eigenvalue weighted by molar-refractivity contribution is -0.140. The Kier molecular flexibility index (Phi) is 9.69. The molecule has 0 unspecified atom stereocenters. The number of hydrogen-bond donors (Lipinski definition) is 1. The highest BCUT2D eigenvalue weighted by atomic mass is 35.5. The number of nitrogens with zero attached hydrogens (tertiary/aromatic N) is 2. The number of hydrogen-bond acceptors (Lipinski definition) is 4. The van der Waals surface area contributed by atoms with Gasteiger partial charge >= 0.3 is 0 Å². The van der Waals surface area contributed by atoms with E-state index in [1.54, 1.807) is 61.5 Å². The second-order valence-corrected chi connectivity index (χ2v) is 13.1. The van der Waals surface area contributed by atoms with Crippen molar-refractivity contribution in [2.24, 2.45) is 0 Å². The fourth-order valence-electron chi connectivity index (χ4n) is 3.84. The van der Waals surface area contributed by atoms with Gasteiger partial charge in [-0.1, -0.05) is 59.1 Å². The van der Waals surface area contributed by atoms with Crippen molar-refractivity contribution in [3.8, 4) is 0 Å². The number of rotatable bonds is 9. The van der Waals surface area contributed by atoms with E-state index >= 15 is 0 Å². The molecule has 2 amide bonds. The Labute approximate surface area is 240 Å². The zero-order valence-corrected chi connectivity index (χ0v) is 24.9. The second kappa shape index (κ2) is 12.4. The van der Waals surface area contributed by atoms with Crippen LogP contribution in [0.4, 0.5) is 5.69 Å². The molecule has 0 bridgehead atoms. The smallest absolute Gasteiger partial charge is 0.264 e. The highest BCUT2D eigenvalue weighted by molar-refractivity contribution is 7.92. The fraction of sp³-hybridized carbons (Fsp3) is 0.310. The molecule has 3 aromatic carbocycles. The normalized spacial score (nSPS) is 12.5. The van der Waals surface area contributed by atoms with E-state index in [0.29, 0.717) is 10.0 Å². The molecule has 0 spiro atoms. The minimum Gasteiger partial charge on any atom is -0.350 e. The highest BCUT2D eigenvalue weighted by Crippen LogP contribution is 2.27. The Morgan fingerprint density at radius 2 is 1.54 bits per heavy atom. The van der Waals surface area contributed by atoms with E-state index in [4.69, 9.17) is 23.2 Å². The van der Waals surface area contributed by atoms with Crippen LogP contribution in [-0.4, -0.2) is 43.3 Å². The molecule has 0 aliphatic carbocycles. The second-order valence-electron chi connectivity index (χ2n) is 10.4. The lowest BCUT2D eigenvalue weighted by Crippen LogP contribution is -2.54. The maximum atomic E-state index is 13.9. The van der Waals surface area contributed by atoms with Crippen molar-refractivity contribution in [2.45, 2.75) is 57.6 Å². The van der Waals surface area contributed by atoms with Crippen LogP contribution in [0, 0.1) is 6.92 Å². The molecule has 208 valence electrons. The van der Waals surface area contributed by atoms with Gasteiger partial charge in [-0.2, -0.15) is 0 Å². The van der Waals surface area contributed by atoms with Gasteiger partial charge in [0.2, 0.25) is 11.8 Å². The van der Waals surface area contributed by atoms with Crippen LogP contribution in [0.3, 0.4) is 0 Å². The number of amides is 2. The molecule has 1 N–H and O–H groups in total. The summed E-state index contributed by atoms with van der Waals surface area (Å²) in [5.41, 5.74) is 1.34. The van der Waals surface area contributed by atoms with Gasteiger partial charge in [-0.25, -0.2) is 8.42 Å². The van der Waals surface area contributed by atoms with Crippen molar-refractivity contribution >= 4 is 50.7 Å². The number of halogens is 2. The first kappa shape index (κ1) is 30.5. The number of nitrogens with one attached hydrogen (secondary N) is 1. The summed E-state index contributed by atoms with van der Waals surface area (Å²) in [7, 11) is -4.16. The van der Waals surface area contributed by atoms with Gasteiger partial charge in [0.25, 0.3) is 10.0 Å². The summed E-state index contributed by atoms with van der Waals surface area (Å²) in [5, 5.41) is 3.75. The van der Waals surface area contributed by atoms with E-state index < -0.39 is 34.1 Å². The number of carbonyl (C=O) groups is 2. The van der Waals surface area contributed by atoms with Crippen LogP contribution in [0.5, 0.6) is 0 Å². The number of anilines is 1. The zero-order valence-electron chi connectivity index (χ0n) is 22.6. The molecule has 0 radical (unpaired) electrons. The molecule has 7 nitrogen and oxygen atoms in total. The molecule has 0 saturated carbocycles. The Balaban J connectivity index is 2.03. The van der Waals surface area contributed by atoms with Gasteiger partial charge in [0.05, 0.1) is 10.6 Å². The van der Waals surface area contributed by atoms with Crippen molar-refractivity contribution < 1.29 is 18.0 Å². The average Bonchev–Trinajstić information content (AvgIpc) is 2.85. The molecule has 1 atom stereocenters. The lowest BCUT2D eigenvalue weighted by atomic mass is 10.1. The summed E-state index contributed by atoms with van der Waals surface area (Å²) in [6.07, 6.45) is 0. The van der Waals surface area contributed by atoms with Crippen LogP contribution < -0.4 is 9.62 Å². The molecule has 39 heavy (non-hydrogen) atoms. The summed E-state index contributed by atoms with van der Waals surface area (Å²) < 4.78 is 28.7. The van der Waals surface area contributed by atoms with Gasteiger partial charge in [0.15, 0.2) is 0 Å². The number of carbonyl (C=O) groups excluding carboxylic acids is 2. The fourth-order valence-corrected chi connectivity index (χ4v) is 5.56. The van der Waals surface area contributed by atoms with Gasteiger partial charge in [-0.15, -0.1) is 0 Å². The van der Waals surface area contributed by atoms with Crippen molar-refractivity contribution in [2.75, 3.05) is 10.8 Å². The van der Waals surface area contributed by atoms with Gasteiger partial charge in [-0.05, 0) is 82.6 Å². The number of aryl methyl sites for hydroxylation is 1. The molecule has 0 aromatic heterocycles. The Hall–Kier alpha value is -3.07. The Morgan fingerprint density at radius 3 is 2.10 bits per heavy atom. The summed E-state index contributed by atoms with van der Waals surface area (Å²) in [6, 6.07) is 18.7. The monoisotopic (exact) mass is 589 g/mol. The van der Waals surface area contributed by atoms with Crippen LogP contribution in [0.25, 0.3) is 0 Å². The predicted octanol–water partition coefficient (Wildman–Crippen LogP) is 5.83. The molecule has 3 aromatic rings. The zero-order chi connectivity index (χ0) is 29.0. The molecule has 10 heteroatoms. The SMILES string of the molecule is Cc1ccc(S(=O)(=O)N(CC(=O)N(Cc2ccc(Cl)cc2)[C@H](C)C(=O)NC(C)(C)C)c2cccc(Cl)c2)cc1. The van der Waals surface area contributed by atoms with Crippen molar-refractivity contribution in [3.05, 3.63) is 94.0 Å². The van der Waals surface area contributed by atoms with Crippen LogP contribution in [0.1, 0.15) is 38.8 Å². The van der Waals surface area contributed by atoms with Gasteiger partial charge in [0.1, 0.15) is 12.6 Å². The summed E-state index contributed by atoms with van der Waals surface area (Å²) in [4.78, 5) is 28.4. The van der Waals surface area contributed by atoms with E-state index in [0.717, 1.165) is 15.4 Å². The first-order chi connectivity index (χ1) is 18.2. The van der Waals surface area contributed by atoms with E-state index in [2.05, 4.69) is 5.32 Å². The van der Waals surface area contributed by atoms with E-state index in [1.165, 1.54) is 23.1 Å². The van der Waals surface area contributed by atoms with E-state index in [-0.39, 0.29) is 23.0 Å². The number of sulfonamides is 1. The maximum absolute atomic E-state index is 13.9. The average molecular weight is 591 g/mol. The Bertz CT molecular complexity index is 1420. The molecule has 0 fully saturated rings. The molecule has 3 rings (SSSR count). The third-order valence-electron chi connectivity index (χ3n) is 5.92. The Morgan fingerprint density at radius 1 is 0.923 bits per heavy atom. The molecule has 0 saturated heterocycles. The van der Waals surface area contributed by atoms with Crippen LogP contribution in [0.2, 0.25) is 10.0 Å². The van der Waals surface area contributed by atoms with E-state index in [1.807, 2.05) is 27.7 Å². The third-order valence-corrected chi connectivity index (χ3v) is 8.19. The lowest BCUT2D eigenvalue weighted by Gasteiger charge is -2.33. The van der Waals surface area contributed by atoms with Crippen LogP contribution >= 0.6 is 23.2 Å². The first-order valence-electron chi connectivity index (χ1n) is 12.4. The largest absolute Gasteiger partial charge is 0.350 e. The quantitative estimate of drug-likeness (QED) is 0.340. The van der Waals surface area contributed by atoms with Gasteiger partial charge in [-0.3, -0.25) is 13.9 Å². The molecular formula is C29H33Cl2N3O4S. The van der Waals surface area contributed by atoms with Crippen molar-refractivity contribution in [3.63, 3.8) is 0 Å². The third kappa shape index (κ3) is 8.21. The molecular weight excluding hydrogens is 557 g/mol. The standard InChI is InChI=1S/C29H33Cl2N3O4S/c1-20-9-15-26(16-10-20)39(37,38)34(25-8-6-7-24(31)17-25)19-27(35)33(18-22-11-13-23(30)14-12-22)21(2)28(36)32-29(3,4)5/h6-17,21H,18-19H2,1-5H3,(H,32,36)/t21-/m1/s1. The first-order valence-corrected chi connectivity index (χ1v) is 14.6. The van der Waals surface area contributed by atoms with Crippen molar-refractivity contribution in [1.29, 1.82) is 0 Å². The van der Waals surface area contributed by atoms with Gasteiger partial charge < -0.3 is 10.2 Å². The maximum Gasteiger partial charge on any atom is 0.264 e. The molecule has 0 heterocycles. The van der Waals surface area contributed by atoms with E-state index in [9.17, 15) is 18.0 Å². The molecule has 0 aliphatic rings. The minimum absolute atomic E-state index is 0.0312. The topological polar surface area (TPSA) is 86.8 Å². The van der Waals surface area contributed by atoms with Gasteiger partial charge in [0, 0.05) is 22.1 Å². The van der Waals surface area contributed by atoms with Crippen molar-refractivity contribution in [1.82, 2.24) is 10.2 Å². The molecule has 0 aliphatic heterocycles. The summed E-state index contributed by atoms with van der Waals surface area (Å²) in [6.45, 7) is 8.54. The predicted molar refractivity (Wildman–Crippen MR) is 157 cm³/mol. The summed E-state index contributed by atoms with van der Waals surface area (Å²) in [5.74, 6) is -0.919. The minimum atomic E-state index is -4.16.